The van der Waals surface area contributed by atoms with Gasteiger partial charge in [-0.2, -0.15) is 0 Å². The maximum atomic E-state index is 8.50. The number of methoxy groups -OCH3 is 1. The van der Waals surface area contributed by atoms with Crippen molar-refractivity contribution in [3.8, 4) is 0 Å². The van der Waals surface area contributed by atoms with E-state index in [0.717, 1.165) is 0 Å². The third kappa shape index (κ3) is 3.05. The Morgan fingerprint density at radius 3 is 2.50 bits per heavy atom. The van der Waals surface area contributed by atoms with Crippen LogP contribution in [0.25, 0.3) is 0 Å². The maximum Gasteiger partial charge on any atom is 0.0659 e. The van der Waals surface area contributed by atoms with Crippen molar-refractivity contribution >= 4 is 7.85 Å². The summed E-state index contributed by atoms with van der Waals surface area (Å²) in [6, 6.07) is 0. The Bertz CT molecular complexity index is 45.7. The number of ether oxygens (including phenoxy) is 1. The summed E-state index contributed by atoms with van der Waals surface area (Å²) in [5.41, 5.74) is 0. The normalized spacial score (nSPS) is 13.8. The van der Waals surface area contributed by atoms with Crippen molar-refractivity contribution in [2.45, 2.75) is 6.32 Å². The van der Waals surface area contributed by atoms with Gasteiger partial charge in [-0.3, -0.25) is 0 Å². The molecule has 0 aromatic carbocycles. The minimum atomic E-state index is 0.111. The van der Waals surface area contributed by atoms with E-state index in [-0.39, 0.29) is 12.5 Å². The molecule has 0 spiro atoms. The van der Waals surface area contributed by atoms with Crippen LogP contribution in [-0.4, -0.2) is 33.3 Å². The van der Waals surface area contributed by atoms with Gasteiger partial charge in [-0.15, -0.1) is 0 Å². The van der Waals surface area contributed by atoms with Gasteiger partial charge in [0.2, 0.25) is 0 Å². The number of hydrogen-bond donors (Lipinski definition) is 1. The topological polar surface area (TPSA) is 29.5 Å². The Hall–Kier alpha value is -0.0151. The predicted octanol–water partition coefficient (Wildman–Crippen LogP) is -0.172. The predicted molar refractivity (Wildman–Crippen MR) is 33.0 cm³/mol. The number of hydrogen-bond acceptors (Lipinski definition) is 2. The molecule has 0 aromatic heterocycles. The van der Waals surface area contributed by atoms with E-state index in [2.05, 4.69) is 0 Å². The molecular weight excluding hydrogens is 103 g/mol. The van der Waals surface area contributed by atoms with Crippen molar-refractivity contribution < 1.29 is 9.84 Å². The van der Waals surface area contributed by atoms with E-state index in [1.54, 1.807) is 7.11 Å². The van der Waals surface area contributed by atoms with E-state index >= 15 is 0 Å². The van der Waals surface area contributed by atoms with Crippen molar-refractivity contribution in [2.24, 2.45) is 5.92 Å². The lowest BCUT2D eigenvalue weighted by atomic mass is 9.93. The Labute approximate surface area is 51.3 Å². The Morgan fingerprint density at radius 1 is 1.75 bits per heavy atom. The first-order valence-corrected chi connectivity index (χ1v) is 2.65. The van der Waals surface area contributed by atoms with Crippen LogP contribution < -0.4 is 0 Å². The number of rotatable bonds is 4. The Morgan fingerprint density at radius 2 is 2.38 bits per heavy atom. The van der Waals surface area contributed by atoms with Gasteiger partial charge in [-0.25, -0.2) is 0 Å². The molecule has 0 aliphatic heterocycles. The van der Waals surface area contributed by atoms with Crippen LogP contribution in [0.2, 0.25) is 6.32 Å². The molecule has 0 aliphatic rings. The molecule has 1 atom stereocenters. The van der Waals surface area contributed by atoms with Gasteiger partial charge in [-0.1, -0.05) is 6.32 Å². The average Bonchev–Trinajstić information content (AvgIpc) is 1.83. The van der Waals surface area contributed by atoms with Crippen molar-refractivity contribution in [1.29, 1.82) is 0 Å². The Kier molecular flexibility index (Phi) is 5.12. The fourth-order valence-corrected chi connectivity index (χ4v) is 0.431. The van der Waals surface area contributed by atoms with Crippen LogP contribution in [0.5, 0.6) is 0 Å². The zero-order valence-electron chi connectivity index (χ0n) is 5.13. The van der Waals surface area contributed by atoms with Crippen LogP contribution in [0.15, 0.2) is 0 Å². The van der Waals surface area contributed by atoms with Crippen molar-refractivity contribution in [3.05, 3.63) is 0 Å². The molecule has 0 fully saturated rings. The molecule has 0 rings (SSSR count). The lowest BCUT2D eigenvalue weighted by Crippen LogP contribution is -2.11. The van der Waals surface area contributed by atoms with Crippen molar-refractivity contribution in [2.75, 3.05) is 20.3 Å². The molecule has 3 heteroatoms. The van der Waals surface area contributed by atoms with Crippen LogP contribution >= 0.6 is 0 Å². The number of aliphatic hydroxyl groups is 1. The highest BCUT2D eigenvalue weighted by Gasteiger charge is 2.00. The molecule has 0 amide bonds. The summed E-state index contributed by atoms with van der Waals surface area (Å²) in [7, 11) is 6.82. The fraction of sp³-hybridized carbons (Fsp3) is 1.00. The molecule has 0 aromatic rings. The van der Waals surface area contributed by atoms with Gasteiger partial charge in [0.15, 0.2) is 0 Å². The molecule has 2 radical (unpaired) electrons. The third-order valence-corrected chi connectivity index (χ3v) is 0.994. The molecule has 0 aliphatic carbocycles. The van der Waals surface area contributed by atoms with Gasteiger partial charge in [0, 0.05) is 13.7 Å². The summed E-state index contributed by atoms with van der Waals surface area (Å²) in [6.45, 7) is 0.664. The van der Waals surface area contributed by atoms with Crippen LogP contribution in [0.4, 0.5) is 0 Å². The average molecular weight is 114 g/mol. The van der Waals surface area contributed by atoms with E-state index in [9.17, 15) is 0 Å². The second-order valence-corrected chi connectivity index (χ2v) is 1.74. The van der Waals surface area contributed by atoms with Gasteiger partial charge in [0.05, 0.1) is 14.5 Å². The fourth-order valence-electron chi connectivity index (χ4n) is 0.431. The lowest BCUT2D eigenvalue weighted by molar-refractivity contribution is 0.119. The summed E-state index contributed by atoms with van der Waals surface area (Å²) in [5.74, 6) is 0.111. The summed E-state index contributed by atoms with van der Waals surface area (Å²) in [4.78, 5) is 0. The first-order chi connectivity index (χ1) is 3.85. The Balaban J connectivity index is 3.07. The minimum Gasteiger partial charge on any atom is -0.396 e. The van der Waals surface area contributed by atoms with Gasteiger partial charge in [0.25, 0.3) is 0 Å². The summed E-state index contributed by atoms with van der Waals surface area (Å²) in [5, 5.41) is 8.50. The second kappa shape index (κ2) is 5.13. The van der Waals surface area contributed by atoms with Crippen molar-refractivity contribution in [1.82, 2.24) is 0 Å². The molecular formula is C5H11BO2. The maximum absolute atomic E-state index is 8.50. The van der Waals surface area contributed by atoms with E-state index in [1.165, 1.54) is 0 Å². The molecule has 0 saturated carbocycles. The zero-order valence-corrected chi connectivity index (χ0v) is 5.13. The van der Waals surface area contributed by atoms with Gasteiger partial charge >= 0.3 is 0 Å². The van der Waals surface area contributed by atoms with E-state index in [1.807, 2.05) is 0 Å². The lowest BCUT2D eigenvalue weighted by Gasteiger charge is -2.08. The monoisotopic (exact) mass is 114 g/mol. The quantitative estimate of drug-likeness (QED) is 0.514. The molecule has 46 valence electrons. The van der Waals surface area contributed by atoms with Crippen LogP contribution in [0, 0.1) is 5.92 Å². The molecule has 0 bridgehead atoms. The van der Waals surface area contributed by atoms with E-state index in [0.29, 0.717) is 12.9 Å². The molecule has 0 saturated heterocycles. The second-order valence-electron chi connectivity index (χ2n) is 1.74. The highest BCUT2D eigenvalue weighted by molar-refractivity contribution is 6.08. The minimum absolute atomic E-state index is 0.111. The van der Waals surface area contributed by atoms with Crippen LogP contribution in [0.3, 0.4) is 0 Å². The van der Waals surface area contributed by atoms with Gasteiger partial charge in [0.1, 0.15) is 0 Å². The molecule has 8 heavy (non-hydrogen) atoms. The van der Waals surface area contributed by atoms with E-state index < -0.39 is 0 Å². The van der Waals surface area contributed by atoms with Gasteiger partial charge in [-0.05, 0) is 5.92 Å². The molecule has 0 heterocycles. The SMILES string of the molecule is [B]C[C@H](CO)COC. The smallest absolute Gasteiger partial charge is 0.0659 e. The largest absolute Gasteiger partial charge is 0.396 e. The molecule has 0 unspecified atom stereocenters. The molecule has 2 nitrogen and oxygen atoms in total. The first-order valence-electron chi connectivity index (χ1n) is 2.65. The standard InChI is InChI=1S/C5H11BO2/c1-8-4-5(2-6)3-7/h5,7H,2-4H2,1H3/t5-/m1/s1. The number of aliphatic hydroxyl groups excluding tert-OH is 1. The third-order valence-electron chi connectivity index (χ3n) is 0.994. The van der Waals surface area contributed by atoms with Crippen LogP contribution in [0.1, 0.15) is 0 Å². The van der Waals surface area contributed by atoms with Gasteiger partial charge < -0.3 is 9.84 Å². The summed E-state index contributed by atoms with van der Waals surface area (Å²) in [6.07, 6.45) is 0.490. The van der Waals surface area contributed by atoms with Crippen molar-refractivity contribution in [3.63, 3.8) is 0 Å². The summed E-state index contributed by atoms with van der Waals surface area (Å²) < 4.78 is 4.75. The first kappa shape index (κ1) is 7.98. The summed E-state index contributed by atoms with van der Waals surface area (Å²) >= 11 is 0. The molecule has 1 N–H and O–H groups in total. The highest BCUT2D eigenvalue weighted by atomic mass is 16.5. The van der Waals surface area contributed by atoms with E-state index in [4.69, 9.17) is 17.7 Å². The van der Waals surface area contributed by atoms with Crippen LogP contribution in [-0.2, 0) is 4.74 Å². The zero-order chi connectivity index (χ0) is 6.41. The highest BCUT2D eigenvalue weighted by Crippen LogP contribution is 1.98.